The second kappa shape index (κ2) is 8.34. The van der Waals surface area contributed by atoms with E-state index in [0.29, 0.717) is 17.1 Å². The van der Waals surface area contributed by atoms with Crippen LogP contribution < -0.4 is 10.1 Å². The summed E-state index contributed by atoms with van der Waals surface area (Å²) in [6.07, 6.45) is 0. The zero-order valence-corrected chi connectivity index (χ0v) is 15.9. The zero-order chi connectivity index (χ0) is 20.1. The van der Waals surface area contributed by atoms with E-state index in [9.17, 15) is 9.59 Å². The number of amides is 2. The van der Waals surface area contributed by atoms with E-state index in [1.54, 1.807) is 45.3 Å². The van der Waals surface area contributed by atoms with Crippen molar-refractivity contribution in [1.82, 2.24) is 19.9 Å². The standard InChI is InChI=1S/C20H21N5O3/c1-14-19(23-25(22-14)16-7-5-4-6-8-16)20(27)21-15-9-11-17(12-10-15)28-13-18(26)24(2)3/h4-12H,13H2,1-3H3,(H,21,27). The van der Waals surface area contributed by atoms with Crippen LogP contribution in [0, 0.1) is 6.92 Å². The maximum Gasteiger partial charge on any atom is 0.278 e. The molecule has 0 saturated heterocycles. The lowest BCUT2D eigenvalue weighted by molar-refractivity contribution is -0.130. The van der Waals surface area contributed by atoms with Crippen LogP contribution >= 0.6 is 0 Å². The number of para-hydroxylation sites is 1. The van der Waals surface area contributed by atoms with Gasteiger partial charge in [-0.15, -0.1) is 5.10 Å². The number of likely N-dealkylation sites (N-methyl/N-ethyl adjacent to an activating group) is 1. The van der Waals surface area contributed by atoms with Gasteiger partial charge in [-0.25, -0.2) is 0 Å². The Hall–Kier alpha value is -3.68. The number of hydrogen-bond acceptors (Lipinski definition) is 5. The molecule has 2 aromatic carbocycles. The van der Waals surface area contributed by atoms with Crippen molar-refractivity contribution in [3.05, 3.63) is 66.0 Å². The molecule has 3 rings (SSSR count). The van der Waals surface area contributed by atoms with Gasteiger partial charge >= 0.3 is 0 Å². The maximum atomic E-state index is 12.5. The number of rotatable bonds is 6. The zero-order valence-electron chi connectivity index (χ0n) is 15.9. The van der Waals surface area contributed by atoms with E-state index in [4.69, 9.17) is 4.74 Å². The average Bonchev–Trinajstić information content (AvgIpc) is 3.09. The van der Waals surface area contributed by atoms with Gasteiger partial charge in [-0.05, 0) is 43.3 Å². The summed E-state index contributed by atoms with van der Waals surface area (Å²) in [4.78, 5) is 27.0. The molecule has 0 aliphatic heterocycles. The van der Waals surface area contributed by atoms with Crippen molar-refractivity contribution < 1.29 is 14.3 Å². The number of aromatic nitrogens is 3. The maximum absolute atomic E-state index is 12.5. The van der Waals surface area contributed by atoms with E-state index in [0.717, 1.165) is 5.69 Å². The van der Waals surface area contributed by atoms with Gasteiger partial charge in [0.15, 0.2) is 12.3 Å². The molecule has 0 spiro atoms. The number of carbonyl (C=O) groups is 2. The lowest BCUT2D eigenvalue weighted by atomic mass is 10.2. The Bertz CT molecular complexity index is 965. The molecule has 28 heavy (non-hydrogen) atoms. The van der Waals surface area contributed by atoms with Crippen molar-refractivity contribution in [2.24, 2.45) is 0 Å². The van der Waals surface area contributed by atoms with E-state index in [2.05, 4.69) is 15.5 Å². The Morgan fingerprint density at radius 3 is 2.36 bits per heavy atom. The first kappa shape index (κ1) is 19.1. The monoisotopic (exact) mass is 379 g/mol. The van der Waals surface area contributed by atoms with Crippen molar-refractivity contribution in [2.45, 2.75) is 6.92 Å². The van der Waals surface area contributed by atoms with E-state index >= 15 is 0 Å². The number of anilines is 1. The summed E-state index contributed by atoms with van der Waals surface area (Å²) < 4.78 is 5.42. The van der Waals surface area contributed by atoms with E-state index in [-0.39, 0.29) is 24.1 Å². The fourth-order valence-corrected chi connectivity index (χ4v) is 2.36. The first-order valence-corrected chi connectivity index (χ1v) is 8.68. The minimum absolute atomic E-state index is 0.0412. The number of aryl methyl sites for hydroxylation is 1. The largest absolute Gasteiger partial charge is 0.484 e. The highest BCUT2D eigenvalue weighted by Crippen LogP contribution is 2.17. The van der Waals surface area contributed by atoms with Crippen molar-refractivity contribution in [2.75, 3.05) is 26.0 Å². The predicted molar refractivity (Wildman–Crippen MR) is 105 cm³/mol. The van der Waals surface area contributed by atoms with Crippen molar-refractivity contribution in [3.63, 3.8) is 0 Å². The summed E-state index contributed by atoms with van der Waals surface area (Å²) in [6, 6.07) is 16.2. The molecule has 0 atom stereocenters. The molecule has 0 aliphatic rings. The molecule has 8 heteroatoms. The molecule has 3 aromatic rings. The number of carbonyl (C=O) groups excluding carboxylic acids is 2. The molecule has 1 heterocycles. The molecule has 0 radical (unpaired) electrons. The number of hydrogen-bond donors (Lipinski definition) is 1. The number of ether oxygens (including phenoxy) is 1. The number of nitrogens with one attached hydrogen (secondary N) is 1. The first-order valence-electron chi connectivity index (χ1n) is 8.68. The Labute approximate surface area is 162 Å². The Balaban J connectivity index is 1.65. The first-order chi connectivity index (χ1) is 13.4. The highest BCUT2D eigenvalue weighted by molar-refractivity contribution is 6.03. The van der Waals surface area contributed by atoms with E-state index < -0.39 is 0 Å². The van der Waals surface area contributed by atoms with Crippen molar-refractivity contribution >= 4 is 17.5 Å². The van der Waals surface area contributed by atoms with Gasteiger partial charge in [-0.2, -0.15) is 9.90 Å². The molecule has 0 unspecified atom stereocenters. The molecular formula is C20H21N5O3. The lowest BCUT2D eigenvalue weighted by Gasteiger charge is -2.11. The SMILES string of the molecule is Cc1nn(-c2ccccc2)nc1C(=O)Nc1ccc(OCC(=O)N(C)C)cc1. The molecule has 0 bridgehead atoms. The smallest absolute Gasteiger partial charge is 0.278 e. The third-order valence-corrected chi connectivity index (χ3v) is 3.96. The molecule has 0 aliphatic carbocycles. The molecule has 1 aromatic heterocycles. The Kier molecular flexibility index (Phi) is 5.69. The predicted octanol–water partition coefficient (Wildman–Crippen LogP) is 2.30. The van der Waals surface area contributed by atoms with Crippen LogP contribution in [0.4, 0.5) is 5.69 Å². The van der Waals surface area contributed by atoms with Crippen molar-refractivity contribution in [3.8, 4) is 11.4 Å². The second-order valence-electron chi connectivity index (χ2n) is 6.31. The summed E-state index contributed by atoms with van der Waals surface area (Å²) in [5.41, 5.74) is 2.15. The molecule has 8 nitrogen and oxygen atoms in total. The van der Waals surface area contributed by atoms with Gasteiger partial charge in [-0.3, -0.25) is 9.59 Å². The minimum atomic E-state index is -0.351. The quantitative estimate of drug-likeness (QED) is 0.710. The summed E-state index contributed by atoms with van der Waals surface area (Å²) in [5, 5.41) is 11.4. The highest BCUT2D eigenvalue weighted by atomic mass is 16.5. The second-order valence-corrected chi connectivity index (χ2v) is 6.31. The molecule has 0 saturated carbocycles. The summed E-state index contributed by atoms with van der Waals surface area (Å²) >= 11 is 0. The summed E-state index contributed by atoms with van der Waals surface area (Å²) in [7, 11) is 3.33. The van der Waals surface area contributed by atoms with Gasteiger partial charge in [0, 0.05) is 19.8 Å². The van der Waals surface area contributed by atoms with Gasteiger partial charge in [-0.1, -0.05) is 18.2 Å². The van der Waals surface area contributed by atoms with Crippen LogP contribution in [0.1, 0.15) is 16.2 Å². The molecule has 1 N–H and O–H groups in total. The van der Waals surface area contributed by atoms with Crippen molar-refractivity contribution in [1.29, 1.82) is 0 Å². The van der Waals surface area contributed by atoms with Crippen LogP contribution in [0.5, 0.6) is 5.75 Å². The average molecular weight is 379 g/mol. The Morgan fingerprint density at radius 1 is 1.04 bits per heavy atom. The van der Waals surface area contributed by atoms with Crippen LogP contribution in [0.15, 0.2) is 54.6 Å². The number of benzene rings is 2. The molecule has 2 amide bonds. The van der Waals surface area contributed by atoms with Crippen LogP contribution in [0.2, 0.25) is 0 Å². The van der Waals surface area contributed by atoms with Gasteiger partial charge in [0.2, 0.25) is 0 Å². The van der Waals surface area contributed by atoms with Crippen LogP contribution in [-0.4, -0.2) is 52.4 Å². The van der Waals surface area contributed by atoms with E-state index in [1.165, 1.54) is 9.70 Å². The minimum Gasteiger partial charge on any atom is -0.484 e. The summed E-state index contributed by atoms with van der Waals surface area (Å²) in [6.45, 7) is 1.69. The van der Waals surface area contributed by atoms with Crippen LogP contribution in [0.25, 0.3) is 5.69 Å². The van der Waals surface area contributed by atoms with Crippen LogP contribution in [-0.2, 0) is 4.79 Å². The fraction of sp³-hybridized carbons (Fsp3) is 0.200. The highest BCUT2D eigenvalue weighted by Gasteiger charge is 2.16. The third-order valence-electron chi connectivity index (χ3n) is 3.96. The van der Waals surface area contributed by atoms with E-state index in [1.807, 2.05) is 30.3 Å². The third kappa shape index (κ3) is 4.53. The van der Waals surface area contributed by atoms with Gasteiger partial charge in [0.1, 0.15) is 5.75 Å². The molecule has 0 fully saturated rings. The topological polar surface area (TPSA) is 89.4 Å². The number of nitrogens with zero attached hydrogens (tertiary/aromatic N) is 4. The lowest BCUT2D eigenvalue weighted by Crippen LogP contribution is -2.27. The fourth-order valence-electron chi connectivity index (χ4n) is 2.36. The Morgan fingerprint density at radius 2 is 1.71 bits per heavy atom. The van der Waals surface area contributed by atoms with Gasteiger partial charge in [0.05, 0.1) is 11.4 Å². The normalized spacial score (nSPS) is 10.4. The molecular weight excluding hydrogens is 358 g/mol. The summed E-state index contributed by atoms with van der Waals surface area (Å²) in [5.74, 6) is 0.0601. The van der Waals surface area contributed by atoms with Gasteiger partial charge < -0.3 is 15.0 Å². The van der Waals surface area contributed by atoms with Crippen LogP contribution in [0.3, 0.4) is 0 Å². The molecule has 144 valence electrons. The van der Waals surface area contributed by atoms with Gasteiger partial charge in [0.25, 0.3) is 11.8 Å².